The Hall–Kier alpha value is -0.670. The van der Waals surface area contributed by atoms with Crippen LogP contribution in [0.5, 0.6) is 0 Å². The van der Waals surface area contributed by atoms with E-state index in [9.17, 15) is 0 Å². The number of amidine groups is 1. The zero-order valence-corrected chi connectivity index (χ0v) is 9.18. The van der Waals surface area contributed by atoms with Gasteiger partial charge in [0.25, 0.3) is 0 Å². The second-order valence-corrected chi connectivity index (χ2v) is 4.74. The Morgan fingerprint density at radius 1 is 1.43 bits per heavy atom. The number of rotatable bonds is 2. The normalized spacial score (nSPS) is 20.9. The highest BCUT2D eigenvalue weighted by atomic mass is 35.5. The summed E-state index contributed by atoms with van der Waals surface area (Å²) in [6.45, 7) is 0. The Labute approximate surface area is 92.5 Å². The van der Waals surface area contributed by atoms with E-state index in [1.807, 2.05) is 24.3 Å². The van der Waals surface area contributed by atoms with E-state index in [4.69, 9.17) is 17.3 Å². The summed E-state index contributed by atoms with van der Waals surface area (Å²) in [5, 5.41) is 1.49. The van der Waals surface area contributed by atoms with Gasteiger partial charge in [-0.05, 0) is 24.1 Å². The lowest BCUT2D eigenvalue weighted by molar-refractivity contribution is 0.762. The number of hydrogen-bond acceptors (Lipinski definition) is 3. The van der Waals surface area contributed by atoms with Gasteiger partial charge in [0.15, 0.2) is 5.17 Å². The average molecular weight is 227 g/mol. The molecule has 14 heavy (non-hydrogen) atoms. The van der Waals surface area contributed by atoms with Crippen molar-refractivity contribution >= 4 is 28.5 Å². The molecule has 0 aliphatic carbocycles. The van der Waals surface area contributed by atoms with Crippen LogP contribution in [-0.2, 0) is 6.42 Å². The maximum absolute atomic E-state index is 5.80. The molecule has 0 saturated carbocycles. The SMILES string of the molecule is NC1=NC(Cc2ccc(Cl)cc2)CS1. The monoisotopic (exact) mass is 226 g/mol. The number of halogens is 1. The molecule has 0 bridgehead atoms. The van der Waals surface area contributed by atoms with Gasteiger partial charge in [0.05, 0.1) is 6.04 Å². The number of aliphatic imine (C=N–C) groups is 1. The molecule has 1 aliphatic heterocycles. The molecular formula is C10H11ClN2S. The highest BCUT2D eigenvalue weighted by Gasteiger charge is 2.16. The third-order valence-electron chi connectivity index (χ3n) is 2.12. The van der Waals surface area contributed by atoms with E-state index in [1.54, 1.807) is 11.8 Å². The predicted octanol–water partition coefficient (Wildman–Crippen LogP) is 2.31. The van der Waals surface area contributed by atoms with Crippen LogP contribution >= 0.6 is 23.4 Å². The van der Waals surface area contributed by atoms with Crippen LogP contribution in [0.15, 0.2) is 29.3 Å². The van der Waals surface area contributed by atoms with Gasteiger partial charge >= 0.3 is 0 Å². The highest BCUT2D eigenvalue weighted by Crippen LogP contribution is 2.19. The van der Waals surface area contributed by atoms with Crippen molar-refractivity contribution in [1.82, 2.24) is 0 Å². The number of nitrogens with two attached hydrogens (primary N) is 1. The van der Waals surface area contributed by atoms with E-state index < -0.39 is 0 Å². The van der Waals surface area contributed by atoms with Crippen molar-refractivity contribution in [2.75, 3.05) is 5.75 Å². The van der Waals surface area contributed by atoms with Gasteiger partial charge in [0.2, 0.25) is 0 Å². The van der Waals surface area contributed by atoms with Gasteiger partial charge in [-0.15, -0.1) is 0 Å². The molecule has 74 valence electrons. The molecule has 0 fully saturated rings. The molecule has 0 radical (unpaired) electrons. The van der Waals surface area contributed by atoms with Crippen molar-refractivity contribution in [3.8, 4) is 0 Å². The largest absolute Gasteiger partial charge is 0.379 e. The molecule has 0 saturated heterocycles. The lowest BCUT2D eigenvalue weighted by Crippen LogP contribution is -2.08. The molecule has 0 spiro atoms. The second-order valence-electron chi connectivity index (χ2n) is 3.26. The van der Waals surface area contributed by atoms with Crippen LogP contribution in [0, 0.1) is 0 Å². The second kappa shape index (κ2) is 4.24. The summed E-state index contributed by atoms with van der Waals surface area (Å²) >= 11 is 7.43. The van der Waals surface area contributed by atoms with Crippen molar-refractivity contribution in [1.29, 1.82) is 0 Å². The lowest BCUT2D eigenvalue weighted by Gasteiger charge is -2.05. The molecule has 1 aromatic carbocycles. The molecule has 4 heteroatoms. The molecule has 1 aromatic rings. The van der Waals surface area contributed by atoms with E-state index in [0.717, 1.165) is 17.2 Å². The van der Waals surface area contributed by atoms with Gasteiger partial charge in [0, 0.05) is 10.8 Å². The van der Waals surface area contributed by atoms with Crippen molar-refractivity contribution in [2.24, 2.45) is 10.7 Å². The average Bonchev–Trinajstić information content (AvgIpc) is 2.56. The number of hydrogen-bond donors (Lipinski definition) is 1. The van der Waals surface area contributed by atoms with Gasteiger partial charge in [-0.25, -0.2) is 0 Å². The van der Waals surface area contributed by atoms with Crippen LogP contribution in [0.25, 0.3) is 0 Å². The first-order valence-corrected chi connectivity index (χ1v) is 5.81. The molecule has 2 rings (SSSR count). The summed E-state index contributed by atoms with van der Waals surface area (Å²) in [5.74, 6) is 0.995. The number of thioether (sulfide) groups is 1. The quantitative estimate of drug-likeness (QED) is 0.841. The van der Waals surface area contributed by atoms with Gasteiger partial charge in [0.1, 0.15) is 0 Å². The van der Waals surface area contributed by atoms with Gasteiger partial charge in [-0.1, -0.05) is 35.5 Å². The maximum Gasteiger partial charge on any atom is 0.154 e. The maximum atomic E-state index is 5.80. The minimum atomic E-state index is 0.334. The van der Waals surface area contributed by atoms with E-state index in [0.29, 0.717) is 11.2 Å². The molecule has 1 unspecified atom stereocenters. The molecular weight excluding hydrogens is 216 g/mol. The molecule has 2 nitrogen and oxygen atoms in total. The third kappa shape index (κ3) is 2.42. The standard InChI is InChI=1S/C10H11ClN2S/c11-8-3-1-7(2-4-8)5-9-6-14-10(12)13-9/h1-4,9H,5-6H2,(H2,12,13). The van der Waals surface area contributed by atoms with E-state index in [-0.39, 0.29) is 0 Å². The van der Waals surface area contributed by atoms with Crippen LogP contribution in [0.1, 0.15) is 5.56 Å². The van der Waals surface area contributed by atoms with Crippen LogP contribution in [0.4, 0.5) is 0 Å². The van der Waals surface area contributed by atoms with Crippen LogP contribution in [0.3, 0.4) is 0 Å². The topological polar surface area (TPSA) is 38.4 Å². The highest BCUT2D eigenvalue weighted by molar-refractivity contribution is 8.14. The van der Waals surface area contributed by atoms with Gasteiger partial charge in [-0.3, -0.25) is 4.99 Å². The van der Waals surface area contributed by atoms with Crippen molar-refractivity contribution in [3.05, 3.63) is 34.9 Å². The summed E-state index contributed by atoms with van der Waals surface area (Å²) in [5.41, 5.74) is 6.86. The molecule has 1 heterocycles. The third-order valence-corrected chi connectivity index (χ3v) is 3.32. The fraction of sp³-hybridized carbons (Fsp3) is 0.300. The zero-order valence-electron chi connectivity index (χ0n) is 7.61. The molecule has 2 N–H and O–H groups in total. The van der Waals surface area contributed by atoms with Crippen LogP contribution in [-0.4, -0.2) is 17.0 Å². The first-order chi connectivity index (χ1) is 6.74. The first-order valence-electron chi connectivity index (χ1n) is 4.44. The fourth-order valence-corrected chi connectivity index (χ4v) is 2.34. The summed E-state index contributed by atoms with van der Waals surface area (Å²) in [6, 6.07) is 8.23. The summed E-state index contributed by atoms with van der Waals surface area (Å²) in [6.07, 6.45) is 0.949. The minimum absolute atomic E-state index is 0.334. The summed E-state index contributed by atoms with van der Waals surface area (Å²) in [7, 11) is 0. The summed E-state index contributed by atoms with van der Waals surface area (Å²) < 4.78 is 0. The molecule has 0 amide bonds. The number of benzene rings is 1. The molecule has 1 aliphatic rings. The van der Waals surface area contributed by atoms with Crippen molar-refractivity contribution < 1.29 is 0 Å². The predicted molar refractivity (Wildman–Crippen MR) is 63.0 cm³/mol. The number of nitrogens with zero attached hydrogens (tertiary/aromatic N) is 1. The van der Waals surface area contributed by atoms with Gasteiger partial charge < -0.3 is 5.73 Å². The Morgan fingerprint density at radius 2 is 2.14 bits per heavy atom. The lowest BCUT2D eigenvalue weighted by atomic mass is 10.1. The van der Waals surface area contributed by atoms with E-state index in [2.05, 4.69) is 4.99 Å². The minimum Gasteiger partial charge on any atom is -0.379 e. The molecule has 1 atom stereocenters. The fourth-order valence-electron chi connectivity index (χ4n) is 1.43. The Bertz CT molecular complexity index is 348. The molecule has 0 aromatic heterocycles. The van der Waals surface area contributed by atoms with E-state index >= 15 is 0 Å². The summed E-state index contributed by atoms with van der Waals surface area (Å²) in [4.78, 5) is 4.33. The van der Waals surface area contributed by atoms with Gasteiger partial charge in [-0.2, -0.15) is 0 Å². The smallest absolute Gasteiger partial charge is 0.154 e. The van der Waals surface area contributed by atoms with Crippen LogP contribution in [0.2, 0.25) is 5.02 Å². The first kappa shape index (κ1) is 9.87. The van der Waals surface area contributed by atoms with Crippen molar-refractivity contribution in [2.45, 2.75) is 12.5 Å². The Morgan fingerprint density at radius 3 is 2.71 bits per heavy atom. The van der Waals surface area contributed by atoms with Crippen molar-refractivity contribution in [3.63, 3.8) is 0 Å². The zero-order chi connectivity index (χ0) is 9.97. The Kier molecular flexibility index (Phi) is 2.99. The van der Waals surface area contributed by atoms with E-state index in [1.165, 1.54) is 5.56 Å². The van der Waals surface area contributed by atoms with Crippen LogP contribution < -0.4 is 5.73 Å². The Balaban J connectivity index is 2.01.